The Kier molecular flexibility index (Phi) is 10.2. The van der Waals surface area contributed by atoms with E-state index in [0.717, 1.165) is 37.2 Å². The predicted molar refractivity (Wildman–Crippen MR) is 106 cm³/mol. The molecule has 0 aromatic carbocycles. The predicted octanol–water partition coefficient (Wildman–Crippen LogP) is 1.45. The molecule has 0 saturated carbocycles. The number of hydrazine groups is 1. The molecule has 7 nitrogen and oxygen atoms in total. The summed E-state index contributed by atoms with van der Waals surface area (Å²) in [6.45, 7) is 9.72. The van der Waals surface area contributed by atoms with Crippen LogP contribution in [-0.4, -0.2) is 60.0 Å². The largest absolute Gasteiger partial charge is 0.395 e. The Morgan fingerprint density at radius 3 is 2.50 bits per heavy atom. The highest BCUT2D eigenvalue weighted by molar-refractivity contribution is 5.63. The molecule has 148 valence electrons. The van der Waals surface area contributed by atoms with Crippen molar-refractivity contribution >= 4 is 5.70 Å². The fraction of sp³-hybridized carbons (Fsp3) is 0.632. The van der Waals surface area contributed by atoms with Gasteiger partial charge in [0.1, 0.15) is 0 Å². The quantitative estimate of drug-likeness (QED) is 0.293. The van der Waals surface area contributed by atoms with E-state index >= 15 is 0 Å². The van der Waals surface area contributed by atoms with Crippen LogP contribution < -0.4 is 11.6 Å². The summed E-state index contributed by atoms with van der Waals surface area (Å²) in [5.74, 6) is 5.91. The number of aliphatic hydroxyl groups excluding tert-OH is 1. The number of aliphatic hydroxyl groups is 1. The highest BCUT2D eigenvalue weighted by atomic mass is 16.5. The van der Waals surface area contributed by atoms with Crippen LogP contribution in [0.15, 0.2) is 17.8 Å². The summed E-state index contributed by atoms with van der Waals surface area (Å²) in [7, 11) is 1.75. The molecule has 0 aliphatic rings. The first-order valence-corrected chi connectivity index (χ1v) is 9.29. The maximum absolute atomic E-state index is 9.22. The number of nitrogens with two attached hydrogens (primary N) is 2. The SMILES string of the molecule is CCCOC/C(=C(/N)c1ccc(CN(CCC)CCO)c(C)n1)N(C)N. The zero-order chi connectivity index (χ0) is 19.5. The third-order valence-electron chi connectivity index (χ3n) is 4.15. The van der Waals surface area contributed by atoms with Gasteiger partial charge in [-0.2, -0.15) is 0 Å². The van der Waals surface area contributed by atoms with Crippen LogP contribution in [-0.2, 0) is 11.3 Å². The summed E-state index contributed by atoms with van der Waals surface area (Å²) in [6, 6.07) is 3.97. The van der Waals surface area contributed by atoms with Crippen molar-refractivity contribution in [3.05, 3.63) is 34.8 Å². The van der Waals surface area contributed by atoms with Crippen LogP contribution in [0.4, 0.5) is 0 Å². The molecule has 1 aromatic heterocycles. The van der Waals surface area contributed by atoms with Crippen molar-refractivity contribution in [1.82, 2.24) is 14.9 Å². The van der Waals surface area contributed by atoms with Gasteiger partial charge < -0.3 is 20.6 Å². The summed E-state index contributed by atoms with van der Waals surface area (Å²) in [4.78, 5) is 6.89. The maximum Gasteiger partial charge on any atom is 0.0900 e. The van der Waals surface area contributed by atoms with Crippen molar-refractivity contribution in [2.45, 2.75) is 40.2 Å². The van der Waals surface area contributed by atoms with Crippen LogP contribution in [0.5, 0.6) is 0 Å². The lowest BCUT2D eigenvalue weighted by Gasteiger charge is -2.22. The topological polar surface area (TPSA) is 101 Å². The molecule has 0 spiro atoms. The van der Waals surface area contributed by atoms with Gasteiger partial charge in [-0.3, -0.25) is 9.88 Å². The Bertz CT molecular complexity index is 569. The molecule has 5 N–H and O–H groups in total. The molecule has 0 bridgehead atoms. The number of hydrogen-bond donors (Lipinski definition) is 3. The summed E-state index contributed by atoms with van der Waals surface area (Å²) in [6.07, 6.45) is 1.99. The Balaban J connectivity index is 3.00. The normalized spacial score (nSPS) is 12.4. The van der Waals surface area contributed by atoms with Crippen molar-refractivity contribution in [3.63, 3.8) is 0 Å². The van der Waals surface area contributed by atoms with E-state index in [9.17, 15) is 5.11 Å². The third kappa shape index (κ3) is 6.92. The number of aryl methyl sites for hydroxylation is 1. The highest BCUT2D eigenvalue weighted by Crippen LogP contribution is 2.17. The Morgan fingerprint density at radius 2 is 1.96 bits per heavy atom. The zero-order valence-corrected chi connectivity index (χ0v) is 16.7. The lowest BCUT2D eigenvalue weighted by molar-refractivity contribution is 0.139. The van der Waals surface area contributed by atoms with Gasteiger partial charge in [0.25, 0.3) is 0 Å². The molecule has 26 heavy (non-hydrogen) atoms. The number of likely N-dealkylation sites (N-methyl/N-ethyl adjacent to an activating group) is 1. The number of hydrogen-bond acceptors (Lipinski definition) is 7. The van der Waals surface area contributed by atoms with Crippen LogP contribution >= 0.6 is 0 Å². The summed E-state index contributed by atoms with van der Waals surface area (Å²) in [5, 5.41) is 10.7. The Morgan fingerprint density at radius 1 is 1.23 bits per heavy atom. The first-order valence-electron chi connectivity index (χ1n) is 9.29. The average molecular weight is 366 g/mol. The van der Waals surface area contributed by atoms with E-state index in [4.69, 9.17) is 16.3 Å². The Hall–Kier alpha value is -1.67. The average Bonchev–Trinajstić information content (AvgIpc) is 2.60. The molecule has 7 heteroatoms. The van der Waals surface area contributed by atoms with Crippen LogP contribution in [0.1, 0.15) is 43.6 Å². The van der Waals surface area contributed by atoms with Crippen LogP contribution in [0.25, 0.3) is 5.70 Å². The fourth-order valence-corrected chi connectivity index (χ4v) is 2.71. The first-order chi connectivity index (χ1) is 12.4. The molecule has 0 radical (unpaired) electrons. The second-order valence-corrected chi connectivity index (χ2v) is 6.46. The fourth-order valence-electron chi connectivity index (χ4n) is 2.71. The van der Waals surface area contributed by atoms with E-state index in [1.165, 1.54) is 5.01 Å². The van der Waals surface area contributed by atoms with E-state index in [0.29, 0.717) is 36.8 Å². The lowest BCUT2D eigenvalue weighted by atomic mass is 10.1. The minimum atomic E-state index is 0.157. The van der Waals surface area contributed by atoms with E-state index in [1.54, 1.807) is 7.05 Å². The minimum absolute atomic E-state index is 0.157. The molecule has 1 aromatic rings. The van der Waals surface area contributed by atoms with Gasteiger partial charge in [-0.25, -0.2) is 5.84 Å². The summed E-state index contributed by atoms with van der Waals surface area (Å²) >= 11 is 0. The van der Waals surface area contributed by atoms with Crippen molar-refractivity contribution in [1.29, 1.82) is 0 Å². The molecule has 0 fully saturated rings. The highest BCUT2D eigenvalue weighted by Gasteiger charge is 2.13. The summed E-state index contributed by atoms with van der Waals surface area (Å²) in [5.41, 5.74) is 10.3. The smallest absolute Gasteiger partial charge is 0.0900 e. The van der Waals surface area contributed by atoms with Gasteiger partial charge >= 0.3 is 0 Å². The number of rotatable bonds is 12. The van der Waals surface area contributed by atoms with Gasteiger partial charge in [-0.1, -0.05) is 19.9 Å². The van der Waals surface area contributed by atoms with Gasteiger partial charge in [0.2, 0.25) is 0 Å². The Labute approximate surface area is 157 Å². The number of pyridine rings is 1. The first kappa shape index (κ1) is 22.4. The molecule has 1 heterocycles. The molecule has 1 rings (SSSR count). The molecule has 0 atom stereocenters. The standard InChI is InChI=1S/C19H35N5O2/c1-5-9-24(10-11-25)13-16-7-8-17(22-15(16)3)19(20)18(23(4)21)14-26-12-6-2/h7-8,25H,5-6,9-14,20-21H2,1-4H3/b19-18-. The van der Waals surface area contributed by atoms with Crippen LogP contribution in [0.3, 0.4) is 0 Å². The number of nitrogens with zero attached hydrogens (tertiary/aromatic N) is 3. The van der Waals surface area contributed by atoms with Crippen molar-refractivity contribution in [2.75, 3.05) is 40.0 Å². The molecule has 0 saturated heterocycles. The van der Waals surface area contributed by atoms with Crippen LogP contribution in [0.2, 0.25) is 0 Å². The van der Waals surface area contributed by atoms with Gasteiger partial charge in [0, 0.05) is 32.4 Å². The molecule has 0 aliphatic carbocycles. The lowest BCUT2D eigenvalue weighted by Crippen LogP contribution is -2.31. The van der Waals surface area contributed by atoms with E-state index < -0.39 is 0 Å². The van der Waals surface area contributed by atoms with Gasteiger partial charge in [-0.15, -0.1) is 0 Å². The van der Waals surface area contributed by atoms with Gasteiger partial charge in [-0.05, 0) is 37.9 Å². The molecule has 0 aliphatic heterocycles. The molecule has 0 amide bonds. The molecule has 0 unspecified atom stereocenters. The number of ether oxygens (including phenoxy) is 1. The summed E-state index contributed by atoms with van der Waals surface area (Å²) < 4.78 is 5.59. The zero-order valence-electron chi connectivity index (χ0n) is 16.7. The van der Waals surface area contributed by atoms with E-state index in [-0.39, 0.29) is 6.61 Å². The second-order valence-electron chi connectivity index (χ2n) is 6.46. The van der Waals surface area contributed by atoms with Crippen molar-refractivity contribution in [3.8, 4) is 0 Å². The van der Waals surface area contributed by atoms with Crippen molar-refractivity contribution < 1.29 is 9.84 Å². The van der Waals surface area contributed by atoms with Gasteiger partial charge in [0.05, 0.1) is 30.3 Å². The molecular formula is C19H35N5O2. The number of aromatic nitrogens is 1. The van der Waals surface area contributed by atoms with E-state index in [1.807, 2.05) is 19.1 Å². The maximum atomic E-state index is 9.22. The van der Waals surface area contributed by atoms with Gasteiger partial charge in [0.15, 0.2) is 0 Å². The second kappa shape index (κ2) is 11.9. The minimum Gasteiger partial charge on any atom is -0.395 e. The molecular weight excluding hydrogens is 330 g/mol. The van der Waals surface area contributed by atoms with Crippen molar-refractivity contribution in [2.24, 2.45) is 11.6 Å². The monoisotopic (exact) mass is 365 g/mol. The third-order valence-corrected chi connectivity index (χ3v) is 4.15. The van der Waals surface area contributed by atoms with Crippen LogP contribution in [0, 0.1) is 6.92 Å². The van der Waals surface area contributed by atoms with E-state index in [2.05, 4.69) is 23.7 Å².